The zero-order chi connectivity index (χ0) is 18.8. The first-order valence-electron chi connectivity index (χ1n) is 9.73. The Hall–Kier alpha value is -1.91. The summed E-state index contributed by atoms with van der Waals surface area (Å²) in [6, 6.07) is 4.49. The number of aryl methyl sites for hydroxylation is 1. The lowest BCUT2D eigenvalue weighted by Gasteiger charge is -2.36. The summed E-state index contributed by atoms with van der Waals surface area (Å²) in [7, 11) is 0. The number of hydrogen-bond donors (Lipinski definition) is 0. The highest BCUT2D eigenvalue weighted by Crippen LogP contribution is 2.35. The average Bonchev–Trinajstić information content (AvgIpc) is 2.91. The van der Waals surface area contributed by atoms with Gasteiger partial charge in [0.05, 0.1) is 11.0 Å². The minimum atomic E-state index is -0.323. The van der Waals surface area contributed by atoms with Crippen LogP contribution in [0.25, 0.3) is 11.0 Å². The fraction of sp³-hybridized carbons (Fsp3) is 0.619. The van der Waals surface area contributed by atoms with Crippen LogP contribution < -0.4 is 0 Å². The molecule has 1 fully saturated rings. The van der Waals surface area contributed by atoms with Gasteiger partial charge in [-0.15, -0.1) is 0 Å². The lowest BCUT2D eigenvalue weighted by Crippen LogP contribution is -2.36. The van der Waals surface area contributed by atoms with Gasteiger partial charge in [0.1, 0.15) is 24.3 Å². The lowest BCUT2D eigenvalue weighted by atomic mass is 9.75. The molecule has 142 valence electrons. The molecule has 0 saturated heterocycles. The quantitative estimate of drug-likeness (QED) is 0.723. The number of esters is 1. The van der Waals surface area contributed by atoms with E-state index in [9.17, 15) is 9.18 Å². The van der Waals surface area contributed by atoms with Crippen LogP contribution in [0.2, 0.25) is 0 Å². The first-order valence-corrected chi connectivity index (χ1v) is 9.73. The number of fused-ring (bicyclic) bond motifs is 1. The largest absolute Gasteiger partial charge is 0.461 e. The molecule has 0 unspecified atom stereocenters. The molecule has 1 aromatic carbocycles. The van der Waals surface area contributed by atoms with Gasteiger partial charge in [-0.1, -0.05) is 34.1 Å². The van der Waals surface area contributed by atoms with Crippen LogP contribution in [-0.4, -0.2) is 21.6 Å². The van der Waals surface area contributed by atoms with Gasteiger partial charge >= 0.3 is 5.97 Å². The molecule has 0 bridgehead atoms. The summed E-state index contributed by atoms with van der Waals surface area (Å²) in [5, 5.41) is 0. The maximum Gasteiger partial charge on any atom is 0.326 e. The fourth-order valence-electron chi connectivity index (χ4n) is 4.18. The third-order valence-corrected chi connectivity index (χ3v) is 5.64. The Morgan fingerprint density at radius 3 is 2.85 bits per heavy atom. The van der Waals surface area contributed by atoms with Crippen molar-refractivity contribution in [2.45, 2.75) is 66.0 Å². The van der Waals surface area contributed by atoms with Crippen LogP contribution in [-0.2, 0) is 22.5 Å². The molecule has 3 atom stereocenters. The fourth-order valence-corrected chi connectivity index (χ4v) is 4.18. The SMILES string of the molecule is CCc1nc2ccc(F)cc2n1CC(=O)O[C@@H]1C[C@H](C)CC[C@H]1C(C)C. The van der Waals surface area contributed by atoms with Crippen molar-refractivity contribution < 1.29 is 13.9 Å². The summed E-state index contributed by atoms with van der Waals surface area (Å²) >= 11 is 0. The predicted molar refractivity (Wildman–Crippen MR) is 100 cm³/mol. The standard InChI is InChI=1S/C21H29FN2O2/c1-5-20-23-17-9-7-15(22)11-18(17)24(20)12-21(25)26-19-10-14(4)6-8-16(19)13(2)3/h7,9,11,13-14,16,19H,5-6,8,10,12H2,1-4H3/t14-,16+,19-/m1/s1. The predicted octanol–water partition coefficient (Wildman–Crippen LogP) is 4.74. The van der Waals surface area contributed by atoms with E-state index in [-0.39, 0.29) is 24.4 Å². The molecule has 2 aromatic rings. The van der Waals surface area contributed by atoms with Crippen LogP contribution in [0.3, 0.4) is 0 Å². The first-order chi connectivity index (χ1) is 12.4. The summed E-state index contributed by atoms with van der Waals surface area (Å²) in [5.74, 6) is 1.69. The van der Waals surface area contributed by atoms with Crippen LogP contribution in [0.5, 0.6) is 0 Å². The summed E-state index contributed by atoms with van der Waals surface area (Å²) < 4.78 is 21.4. The van der Waals surface area contributed by atoms with E-state index in [0.29, 0.717) is 35.2 Å². The molecule has 1 saturated carbocycles. The van der Waals surface area contributed by atoms with E-state index in [4.69, 9.17) is 4.74 Å². The number of nitrogens with zero attached hydrogens (tertiary/aromatic N) is 2. The Morgan fingerprint density at radius 1 is 1.38 bits per heavy atom. The Bertz CT molecular complexity index is 784. The molecule has 5 heteroatoms. The van der Waals surface area contributed by atoms with Crippen LogP contribution in [0.1, 0.15) is 52.8 Å². The minimum Gasteiger partial charge on any atom is -0.461 e. The van der Waals surface area contributed by atoms with E-state index in [1.165, 1.54) is 18.6 Å². The van der Waals surface area contributed by atoms with Gasteiger partial charge in [0.25, 0.3) is 0 Å². The van der Waals surface area contributed by atoms with Crippen LogP contribution >= 0.6 is 0 Å². The molecule has 1 aliphatic carbocycles. The van der Waals surface area contributed by atoms with Crippen LogP contribution in [0, 0.1) is 23.6 Å². The summed E-state index contributed by atoms with van der Waals surface area (Å²) in [4.78, 5) is 17.2. The van der Waals surface area contributed by atoms with Gasteiger partial charge in [-0.05, 0) is 48.8 Å². The highest BCUT2D eigenvalue weighted by molar-refractivity contribution is 5.79. The number of benzene rings is 1. The zero-order valence-corrected chi connectivity index (χ0v) is 16.2. The molecule has 4 nitrogen and oxygen atoms in total. The molecule has 0 N–H and O–H groups in total. The van der Waals surface area contributed by atoms with Gasteiger partial charge < -0.3 is 9.30 Å². The Morgan fingerprint density at radius 2 is 2.15 bits per heavy atom. The Labute approximate surface area is 154 Å². The molecule has 0 aliphatic heterocycles. The van der Waals surface area contributed by atoms with Crippen molar-refractivity contribution in [3.63, 3.8) is 0 Å². The van der Waals surface area contributed by atoms with Crippen LogP contribution in [0.15, 0.2) is 18.2 Å². The minimum absolute atomic E-state index is 0.0251. The molecule has 0 radical (unpaired) electrons. The number of rotatable bonds is 5. The second-order valence-corrected chi connectivity index (χ2v) is 7.96. The highest BCUT2D eigenvalue weighted by atomic mass is 19.1. The second-order valence-electron chi connectivity index (χ2n) is 7.96. The topological polar surface area (TPSA) is 44.1 Å². The van der Waals surface area contributed by atoms with Crippen molar-refractivity contribution in [1.29, 1.82) is 0 Å². The number of carbonyl (C=O) groups excluding carboxylic acids is 1. The van der Waals surface area contributed by atoms with E-state index < -0.39 is 0 Å². The molecule has 3 rings (SSSR count). The van der Waals surface area contributed by atoms with Crippen molar-refractivity contribution in [1.82, 2.24) is 9.55 Å². The molecular weight excluding hydrogens is 331 g/mol. The maximum absolute atomic E-state index is 13.7. The molecule has 1 aromatic heterocycles. The third-order valence-electron chi connectivity index (χ3n) is 5.64. The molecule has 1 heterocycles. The first kappa shape index (κ1) is 18.9. The van der Waals surface area contributed by atoms with Gasteiger partial charge in [0.2, 0.25) is 0 Å². The van der Waals surface area contributed by atoms with Crippen molar-refractivity contribution in [3.05, 3.63) is 29.8 Å². The Balaban J connectivity index is 1.79. The Kier molecular flexibility index (Phi) is 5.64. The van der Waals surface area contributed by atoms with Crippen molar-refractivity contribution in [2.75, 3.05) is 0 Å². The number of imidazole rings is 1. The molecule has 0 amide bonds. The molecule has 1 aliphatic rings. The maximum atomic E-state index is 13.7. The van der Waals surface area contributed by atoms with Gasteiger partial charge in [0.15, 0.2) is 0 Å². The van der Waals surface area contributed by atoms with Gasteiger partial charge in [-0.2, -0.15) is 0 Å². The van der Waals surface area contributed by atoms with E-state index in [1.807, 2.05) is 6.92 Å². The number of halogens is 1. The summed E-state index contributed by atoms with van der Waals surface area (Å²) in [6.45, 7) is 8.68. The van der Waals surface area contributed by atoms with Crippen molar-refractivity contribution >= 4 is 17.0 Å². The highest BCUT2D eigenvalue weighted by Gasteiger charge is 2.33. The zero-order valence-electron chi connectivity index (χ0n) is 16.2. The van der Waals surface area contributed by atoms with Gasteiger partial charge in [0, 0.05) is 6.42 Å². The van der Waals surface area contributed by atoms with E-state index in [1.54, 1.807) is 10.6 Å². The summed E-state index contributed by atoms with van der Waals surface area (Å²) in [5.41, 5.74) is 1.36. The molecule has 26 heavy (non-hydrogen) atoms. The monoisotopic (exact) mass is 360 g/mol. The third kappa shape index (κ3) is 3.92. The van der Waals surface area contributed by atoms with E-state index in [2.05, 4.69) is 25.8 Å². The lowest BCUT2D eigenvalue weighted by molar-refractivity contribution is -0.156. The average molecular weight is 360 g/mol. The molecular formula is C21H29FN2O2. The number of aromatic nitrogens is 2. The number of ether oxygens (including phenoxy) is 1. The number of hydrogen-bond acceptors (Lipinski definition) is 3. The second kappa shape index (κ2) is 7.77. The molecule has 0 spiro atoms. The van der Waals surface area contributed by atoms with Crippen molar-refractivity contribution in [2.24, 2.45) is 17.8 Å². The number of carbonyl (C=O) groups is 1. The van der Waals surface area contributed by atoms with Gasteiger partial charge in [-0.3, -0.25) is 4.79 Å². The summed E-state index contributed by atoms with van der Waals surface area (Å²) in [6.07, 6.45) is 3.88. The van der Waals surface area contributed by atoms with E-state index >= 15 is 0 Å². The van der Waals surface area contributed by atoms with E-state index in [0.717, 1.165) is 18.7 Å². The smallest absolute Gasteiger partial charge is 0.326 e. The normalized spacial score (nSPS) is 23.5. The van der Waals surface area contributed by atoms with Crippen molar-refractivity contribution in [3.8, 4) is 0 Å². The van der Waals surface area contributed by atoms with Gasteiger partial charge in [-0.25, -0.2) is 9.37 Å². The van der Waals surface area contributed by atoms with Crippen LogP contribution in [0.4, 0.5) is 4.39 Å².